The number of halogens is 1. The molecule has 1 N–H and O–H groups in total. The zero-order chi connectivity index (χ0) is 12.1. The van der Waals surface area contributed by atoms with Crippen molar-refractivity contribution in [3.8, 4) is 0 Å². The average molecular weight is 249 g/mol. The van der Waals surface area contributed by atoms with Crippen LogP contribution in [0.5, 0.6) is 0 Å². The van der Waals surface area contributed by atoms with Gasteiger partial charge in [-0.3, -0.25) is 4.98 Å². The molecule has 1 heterocycles. The van der Waals surface area contributed by atoms with Crippen LogP contribution in [0.1, 0.15) is 26.2 Å². The van der Waals surface area contributed by atoms with Gasteiger partial charge in [0.05, 0.1) is 10.5 Å². The summed E-state index contributed by atoms with van der Waals surface area (Å²) in [5.41, 5.74) is 1.99. The lowest BCUT2D eigenvalue weighted by atomic mass is 10.1. The summed E-state index contributed by atoms with van der Waals surface area (Å²) >= 11 is 6.12. The Hall–Kier alpha value is -1.28. The highest BCUT2D eigenvalue weighted by Gasteiger charge is 2.04. The number of anilines is 1. The number of nitrogens with one attached hydrogen (secondary N) is 1. The third-order valence-electron chi connectivity index (χ3n) is 2.82. The Morgan fingerprint density at radius 3 is 2.94 bits per heavy atom. The van der Waals surface area contributed by atoms with Gasteiger partial charge in [0.15, 0.2) is 0 Å². The van der Waals surface area contributed by atoms with E-state index in [0.717, 1.165) is 23.1 Å². The first-order valence-corrected chi connectivity index (χ1v) is 6.48. The summed E-state index contributed by atoms with van der Waals surface area (Å²) in [4.78, 5) is 4.31. The molecule has 0 amide bonds. The molecule has 0 saturated carbocycles. The summed E-state index contributed by atoms with van der Waals surface area (Å²) in [6, 6.07) is 7.92. The van der Waals surface area contributed by atoms with Crippen molar-refractivity contribution in [2.75, 3.05) is 11.9 Å². The highest BCUT2D eigenvalue weighted by atomic mass is 35.5. The summed E-state index contributed by atoms with van der Waals surface area (Å²) in [6.07, 6.45) is 5.47. The number of aromatic nitrogens is 1. The lowest BCUT2D eigenvalue weighted by Gasteiger charge is -2.09. The zero-order valence-electron chi connectivity index (χ0n) is 10.0. The lowest BCUT2D eigenvalue weighted by Crippen LogP contribution is -2.02. The molecule has 1 aromatic carbocycles. The molecule has 0 unspecified atom stereocenters. The van der Waals surface area contributed by atoms with Gasteiger partial charge in [-0.15, -0.1) is 0 Å². The smallest absolute Gasteiger partial charge is 0.0908 e. The fourth-order valence-electron chi connectivity index (χ4n) is 1.89. The van der Waals surface area contributed by atoms with Crippen LogP contribution in [0.3, 0.4) is 0 Å². The van der Waals surface area contributed by atoms with E-state index in [1.807, 2.05) is 18.2 Å². The van der Waals surface area contributed by atoms with Crippen molar-refractivity contribution in [3.63, 3.8) is 0 Å². The summed E-state index contributed by atoms with van der Waals surface area (Å²) in [6.45, 7) is 3.21. The van der Waals surface area contributed by atoms with Gasteiger partial charge in [0.25, 0.3) is 0 Å². The average Bonchev–Trinajstić information content (AvgIpc) is 2.37. The van der Waals surface area contributed by atoms with E-state index in [4.69, 9.17) is 11.6 Å². The largest absolute Gasteiger partial charge is 0.384 e. The third-order valence-corrected chi connectivity index (χ3v) is 3.12. The minimum absolute atomic E-state index is 0.708. The second-order valence-corrected chi connectivity index (χ2v) is 4.54. The second-order valence-electron chi connectivity index (χ2n) is 4.13. The fourth-order valence-corrected chi connectivity index (χ4v) is 2.10. The van der Waals surface area contributed by atoms with Crippen LogP contribution < -0.4 is 5.32 Å². The van der Waals surface area contributed by atoms with Crippen LogP contribution in [0.15, 0.2) is 30.5 Å². The minimum atomic E-state index is 0.708. The number of benzene rings is 1. The second kappa shape index (κ2) is 5.87. The first-order chi connectivity index (χ1) is 8.33. The SMILES string of the molecule is CCCCCNc1ccc(Cl)c2ncccc12. The topological polar surface area (TPSA) is 24.9 Å². The first kappa shape index (κ1) is 12.2. The van der Waals surface area contributed by atoms with Crippen molar-refractivity contribution < 1.29 is 0 Å². The highest BCUT2D eigenvalue weighted by molar-refractivity contribution is 6.35. The van der Waals surface area contributed by atoms with Crippen LogP contribution >= 0.6 is 11.6 Å². The van der Waals surface area contributed by atoms with E-state index < -0.39 is 0 Å². The normalized spacial score (nSPS) is 10.7. The number of unbranched alkanes of at least 4 members (excludes halogenated alkanes) is 2. The van der Waals surface area contributed by atoms with Crippen molar-refractivity contribution in [1.29, 1.82) is 0 Å². The Morgan fingerprint density at radius 1 is 1.24 bits per heavy atom. The molecule has 3 heteroatoms. The van der Waals surface area contributed by atoms with E-state index in [2.05, 4.69) is 23.3 Å². The molecule has 0 spiro atoms. The quantitative estimate of drug-likeness (QED) is 0.789. The van der Waals surface area contributed by atoms with E-state index in [1.165, 1.54) is 19.3 Å². The maximum absolute atomic E-state index is 6.12. The maximum Gasteiger partial charge on any atom is 0.0908 e. The molecule has 0 aliphatic carbocycles. The van der Waals surface area contributed by atoms with E-state index in [0.29, 0.717) is 5.02 Å². The number of rotatable bonds is 5. The Balaban J connectivity index is 2.20. The summed E-state index contributed by atoms with van der Waals surface area (Å²) in [5.74, 6) is 0. The van der Waals surface area contributed by atoms with Crippen LogP contribution in [0.2, 0.25) is 5.02 Å². The van der Waals surface area contributed by atoms with Gasteiger partial charge in [-0.2, -0.15) is 0 Å². The monoisotopic (exact) mass is 248 g/mol. The number of fused-ring (bicyclic) bond motifs is 1. The molecule has 90 valence electrons. The van der Waals surface area contributed by atoms with E-state index in [9.17, 15) is 0 Å². The zero-order valence-corrected chi connectivity index (χ0v) is 10.8. The number of hydrogen-bond acceptors (Lipinski definition) is 2. The number of nitrogens with zero attached hydrogens (tertiary/aromatic N) is 1. The number of hydrogen-bond donors (Lipinski definition) is 1. The Kier molecular flexibility index (Phi) is 4.21. The summed E-state index contributed by atoms with van der Waals surface area (Å²) in [5, 5.41) is 5.25. The van der Waals surface area contributed by atoms with Gasteiger partial charge in [0.2, 0.25) is 0 Å². The van der Waals surface area contributed by atoms with Gasteiger partial charge in [0.1, 0.15) is 0 Å². The predicted molar refractivity (Wildman–Crippen MR) is 74.8 cm³/mol. The van der Waals surface area contributed by atoms with E-state index in [-0.39, 0.29) is 0 Å². The lowest BCUT2D eigenvalue weighted by molar-refractivity contribution is 0.744. The molecule has 0 fully saturated rings. The Bertz CT molecular complexity index is 497. The molecule has 1 aromatic heterocycles. The molecule has 0 aliphatic rings. The van der Waals surface area contributed by atoms with Gasteiger partial charge in [-0.05, 0) is 30.7 Å². The van der Waals surface area contributed by atoms with Gasteiger partial charge in [0, 0.05) is 23.8 Å². The van der Waals surface area contributed by atoms with Gasteiger partial charge < -0.3 is 5.32 Å². The number of pyridine rings is 1. The molecule has 2 rings (SSSR count). The fraction of sp³-hybridized carbons (Fsp3) is 0.357. The molecular weight excluding hydrogens is 232 g/mol. The minimum Gasteiger partial charge on any atom is -0.384 e. The van der Waals surface area contributed by atoms with Crippen molar-refractivity contribution in [2.24, 2.45) is 0 Å². The first-order valence-electron chi connectivity index (χ1n) is 6.10. The molecule has 17 heavy (non-hydrogen) atoms. The van der Waals surface area contributed by atoms with Crippen LogP contribution in [-0.2, 0) is 0 Å². The van der Waals surface area contributed by atoms with E-state index >= 15 is 0 Å². The van der Waals surface area contributed by atoms with E-state index in [1.54, 1.807) is 6.20 Å². The molecule has 0 atom stereocenters. The molecule has 0 bridgehead atoms. The van der Waals surface area contributed by atoms with Gasteiger partial charge >= 0.3 is 0 Å². The molecule has 0 saturated heterocycles. The molecule has 2 nitrogen and oxygen atoms in total. The van der Waals surface area contributed by atoms with Crippen molar-refractivity contribution in [1.82, 2.24) is 4.98 Å². The molecular formula is C14H17ClN2. The highest BCUT2D eigenvalue weighted by Crippen LogP contribution is 2.27. The van der Waals surface area contributed by atoms with Crippen molar-refractivity contribution >= 4 is 28.2 Å². The summed E-state index contributed by atoms with van der Waals surface area (Å²) in [7, 11) is 0. The maximum atomic E-state index is 6.12. The Morgan fingerprint density at radius 2 is 2.12 bits per heavy atom. The van der Waals surface area contributed by atoms with Crippen LogP contribution in [-0.4, -0.2) is 11.5 Å². The Labute approximate surface area is 107 Å². The predicted octanol–water partition coefficient (Wildman–Crippen LogP) is 4.49. The molecule has 0 radical (unpaired) electrons. The van der Waals surface area contributed by atoms with Gasteiger partial charge in [-0.25, -0.2) is 0 Å². The molecule has 0 aliphatic heterocycles. The molecule has 2 aromatic rings. The summed E-state index contributed by atoms with van der Waals surface area (Å²) < 4.78 is 0. The van der Waals surface area contributed by atoms with Crippen LogP contribution in [0.4, 0.5) is 5.69 Å². The standard InChI is InChI=1S/C14H17ClN2/c1-2-3-4-9-16-13-8-7-12(15)14-11(13)6-5-10-17-14/h5-8,10,16H,2-4,9H2,1H3. The van der Waals surface area contributed by atoms with Crippen molar-refractivity contribution in [3.05, 3.63) is 35.5 Å². The third kappa shape index (κ3) is 2.89. The van der Waals surface area contributed by atoms with Crippen LogP contribution in [0.25, 0.3) is 10.9 Å². The van der Waals surface area contributed by atoms with Crippen molar-refractivity contribution in [2.45, 2.75) is 26.2 Å². The van der Waals surface area contributed by atoms with Gasteiger partial charge in [-0.1, -0.05) is 31.4 Å². The van der Waals surface area contributed by atoms with Crippen LogP contribution in [0, 0.1) is 0 Å².